The summed E-state index contributed by atoms with van der Waals surface area (Å²) in [7, 11) is 0. The molecular weight excluding hydrogens is 260 g/mol. The summed E-state index contributed by atoms with van der Waals surface area (Å²) >= 11 is 0. The lowest BCUT2D eigenvalue weighted by Gasteiger charge is -2.36. The Labute approximate surface area is 128 Å². The van der Waals surface area contributed by atoms with Gasteiger partial charge in [-0.1, -0.05) is 20.8 Å². The number of hydrogen-bond acceptors (Lipinski definition) is 2. The van der Waals surface area contributed by atoms with Crippen LogP contribution in [0, 0.1) is 24.2 Å². The minimum absolute atomic E-state index is 0.153. The van der Waals surface area contributed by atoms with Gasteiger partial charge < -0.3 is 11.1 Å². The van der Waals surface area contributed by atoms with E-state index in [2.05, 4.69) is 26.1 Å². The molecule has 2 rings (SSSR count). The third-order valence-corrected chi connectivity index (χ3v) is 4.83. The van der Waals surface area contributed by atoms with Gasteiger partial charge >= 0.3 is 0 Å². The van der Waals surface area contributed by atoms with Crippen molar-refractivity contribution >= 4 is 17.3 Å². The Morgan fingerprint density at radius 1 is 1.19 bits per heavy atom. The number of amides is 1. The zero-order valence-corrected chi connectivity index (χ0v) is 13.7. The number of nitrogen functional groups attached to an aromatic ring is 1. The Kier molecular flexibility index (Phi) is 4.60. The number of rotatable bonds is 2. The van der Waals surface area contributed by atoms with E-state index in [9.17, 15) is 4.79 Å². The maximum Gasteiger partial charge on any atom is 0.227 e. The van der Waals surface area contributed by atoms with Crippen LogP contribution in [0.4, 0.5) is 11.4 Å². The third-order valence-electron chi connectivity index (χ3n) is 4.83. The fourth-order valence-corrected chi connectivity index (χ4v) is 3.28. The highest BCUT2D eigenvalue weighted by atomic mass is 16.1. The van der Waals surface area contributed by atoms with E-state index < -0.39 is 0 Å². The van der Waals surface area contributed by atoms with E-state index in [1.54, 1.807) is 0 Å². The maximum absolute atomic E-state index is 12.4. The van der Waals surface area contributed by atoms with E-state index in [1.165, 1.54) is 0 Å². The van der Waals surface area contributed by atoms with E-state index >= 15 is 0 Å². The van der Waals surface area contributed by atoms with Crippen LogP contribution in [-0.2, 0) is 4.79 Å². The van der Waals surface area contributed by atoms with Crippen molar-refractivity contribution in [1.82, 2.24) is 0 Å². The standard InChI is InChI=1S/C18H28N2O/c1-12-11-15(19)9-10-16(12)20-17(21)13-5-7-14(8-6-13)18(2,3)4/h9-11,13-14H,5-8,19H2,1-4H3,(H,20,21). The lowest BCUT2D eigenvalue weighted by molar-refractivity contribution is -0.121. The zero-order chi connectivity index (χ0) is 15.6. The van der Waals surface area contributed by atoms with Crippen LogP contribution in [0.2, 0.25) is 0 Å². The van der Waals surface area contributed by atoms with Gasteiger partial charge in [-0.15, -0.1) is 0 Å². The van der Waals surface area contributed by atoms with Gasteiger partial charge in [0.1, 0.15) is 0 Å². The molecule has 3 N–H and O–H groups in total. The summed E-state index contributed by atoms with van der Waals surface area (Å²) in [6.45, 7) is 8.88. The van der Waals surface area contributed by atoms with Gasteiger partial charge in [-0.25, -0.2) is 0 Å². The number of aryl methyl sites for hydroxylation is 1. The highest BCUT2D eigenvalue weighted by Gasteiger charge is 2.32. The van der Waals surface area contributed by atoms with Crippen molar-refractivity contribution in [3.8, 4) is 0 Å². The number of nitrogens with one attached hydrogen (secondary N) is 1. The third kappa shape index (κ3) is 3.99. The quantitative estimate of drug-likeness (QED) is 0.794. The molecule has 3 heteroatoms. The molecule has 1 aliphatic rings. The SMILES string of the molecule is Cc1cc(N)ccc1NC(=O)C1CCC(C(C)(C)C)CC1. The smallest absolute Gasteiger partial charge is 0.227 e. The number of carbonyl (C=O) groups is 1. The Morgan fingerprint density at radius 3 is 2.33 bits per heavy atom. The first-order valence-electron chi connectivity index (χ1n) is 7.94. The van der Waals surface area contributed by atoms with Crippen LogP contribution >= 0.6 is 0 Å². The predicted molar refractivity (Wildman–Crippen MR) is 89.1 cm³/mol. The molecule has 0 radical (unpaired) electrons. The lowest BCUT2D eigenvalue weighted by Crippen LogP contribution is -2.31. The summed E-state index contributed by atoms with van der Waals surface area (Å²) in [6, 6.07) is 5.62. The first-order chi connectivity index (χ1) is 9.77. The molecule has 1 saturated carbocycles. The van der Waals surface area contributed by atoms with Crippen molar-refractivity contribution in [2.75, 3.05) is 11.1 Å². The Balaban J connectivity index is 1.93. The molecule has 1 aromatic rings. The van der Waals surface area contributed by atoms with E-state index in [4.69, 9.17) is 5.73 Å². The van der Waals surface area contributed by atoms with Gasteiger partial charge in [0, 0.05) is 17.3 Å². The van der Waals surface area contributed by atoms with Crippen LogP contribution in [-0.4, -0.2) is 5.91 Å². The van der Waals surface area contributed by atoms with E-state index in [0.29, 0.717) is 5.41 Å². The molecule has 0 unspecified atom stereocenters. The van der Waals surface area contributed by atoms with Crippen LogP contribution < -0.4 is 11.1 Å². The van der Waals surface area contributed by atoms with Gasteiger partial charge in [-0.3, -0.25) is 4.79 Å². The van der Waals surface area contributed by atoms with Gasteiger partial charge in [0.25, 0.3) is 0 Å². The molecule has 0 aromatic heterocycles. The Morgan fingerprint density at radius 2 is 1.81 bits per heavy atom. The maximum atomic E-state index is 12.4. The summed E-state index contributed by atoms with van der Waals surface area (Å²) in [5, 5.41) is 3.07. The molecule has 1 fully saturated rings. The molecule has 0 bridgehead atoms. The highest BCUT2D eigenvalue weighted by Crippen LogP contribution is 2.40. The molecule has 1 amide bonds. The van der Waals surface area contributed by atoms with E-state index in [1.807, 2.05) is 25.1 Å². The Bertz CT molecular complexity index is 508. The number of hydrogen-bond donors (Lipinski definition) is 2. The fraction of sp³-hybridized carbons (Fsp3) is 0.611. The second kappa shape index (κ2) is 6.08. The van der Waals surface area contributed by atoms with Crippen molar-refractivity contribution in [2.45, 2.75) is 53.4 Å². The Hall–Kier alpha value is -1.51. The molecule has 0 aliphatic heterocycles. The lowest BCUT2D eigenvalue weighted by atomic mass is 9.69. The van der Waals surface area contributed by atoms with Crippen LogP contribution in [0.5, 0.6) is 0 Å². The first-order valence-corrected chi connectivity index (χ1v) is 7.94. The molecule has 116 valence electrons. The van der Waals surface area contributed by atoms with E-state index in [0.717, 1.165) is 48.5 Å². The first kappa shape index (κ1) is 15.9. The normalized spacial score (nSPS) is 22.9. The molecule has 21 heavy (non-hydrogen) atoms. The van der Waals surface area contributed by atoms with E-state index in [-0.39, 0.29) is 11.8 Å². The van der Waals surface area contributed by atoms with Crippen molar-refractivity contribution in [3.05, 3.63) is 23.8 Å². The molecule has 1 aromatic carbocycles. The zero-order valence-electron chi connectivity index (χ0n) is 13.7. The second-order valence-electron chi connectivity index (χ2n) is 7.48. The average molecular weight is 288 g/mol. The number of benzene rings is 1. The highest BCUT2D eigenvalue weighted by molar-refractivity contribution is 5.93. The largest absolute Gasteiger partial charge is 0.399 e. The topological polar surface area (TPSA) is 55.1 Å². The molecule has 0 heterocycles. The summed E-state index contributed by atoms with van der Waals surface area (Å²) in [5.41, 5.74) is 8.73. The minimum atomic E-state index is 0.153. The summed E-state index contributed by atoms with van der Waals surface area (Å²) in [6.07, 6.45) is 4.31. The predicted octanol–water partition coefficient (Wildman–Crippen LogP) is 4.37. The monoisotopic (exact) mass is 288 g/mol. The van der Waals surface area contributed by atoms with Gasteiger partial charge in [0.2, 0.25) is 5.91 Å². The second-order valence-corrected chi connectivity index (χ2v) is 7.48. The van der Waals surface area contributed by atoms with Crippen molar-refractivity contribution in [3.63, 3.8) is 0 Å². The van der Waals surface area contributed by atoms with Gasteiger partial charge in [-0.2, -0.15) is 0 Å². The number of carbonyl (C=O) groups excluding carboxylic acids is 1. The van der Waals surface area contributed by atoms with Crippen LogP contribution in [0.1, 0.15) is 52.0 Å². The molecule has 0 spiro atoms. The van der Waals surface area contributed by atoms with Crippen molar-refractivity contribution in [1.29, 1.82) is 0 Å². The molecule has 3 nitrogen and oxygen atoms in total. The summed E-state index contributed by atoms with van der Waals surface area (Å²) in [4.78, 5) is 12.4. The molecular formula is C18H28N2O. The average Bonchev–Trinajstić information content (AvgIpc) is 2.41. The van der Waals surface area contributed by atoms with Crippen molar-refractivity contribution in [2.24, 2.45) is 17.3 Å². The summed E-state index contributed by atoms with van der Waals surface area (Å²) in [5.74, 6) is 1.05. The molecule has 0 saturated heterocycles. The minimum Gasteiger partial charge on any atom is -0.399 e. The van der Waals surface area contributed by atoms with Crippen LogP contribution in [0.3, 0.4) is 0 Å². The summed E-state index contributed by atoms with van der Waals surface area (Å²) < 4.78 is 0. The molecule has 0 atom stereocenters. The fourth-order valence-electron chi connectivity index (χ4n) is 3.28. The van der Waals surface area contributed by atoms with Gasteiger partial charge in [0.05, 0.1) is 0 Å². The number of anilines is 2. The van der Waals surface area contributed by atoms with Gasteiger partial charge in [0.15, 0.2) is 0 Å². The molecule has 1 aliphatic carbocycles. The van der Waals surface area contributed by atoms with Crippen molar-refractivity contribution < 1.29 is 4.79 Å². The number of nitrogens with two attached hydrogens (primary N) is 1. The van der Waals surface area contributed by atoms with Crippen LogP contribution in [0.15, 0.2) is 18.2 Å². The van der Waals surface area contributed by atoms with Gasteiger partial charge in [-0.05, 0) is 67.7 Å². The van der Waals surface area contributed by atoms with Crippen LogP contribution in [0.25, 0.3) is 0 Å².